The first kappa shape index (κ1) is 20.2. The largest absolute Gasteiger partial charge is 0.393 e. The summed E-state index contributed by atoms with van der Waals surface area (Å²) >= 11 is 0. The van der Waals surface area contributed by atoms with Crippen LogP contribution in [0, 0.1) is 46.3 Å². The Morgan fingerprint density at radius 2 is 1.87 bits per heavy atom. The standard InChI is InChI=1S/C27H42O3/c1-16-7-12-27(29-15-16)17(2)24-23(30-27)14-22-20-6-5-18-13-19(28)8-10-25(18,3)21(20)9-11-26(22,24)4/h5,16-17,19-24,28H,6-15H2,1-4H3/t16-,17+,19-,20+,21-,22-,23-,24+,25+,26+,27+/m1/s1. The highest BCUT2D eigenvalue weighted by molar-refractivity contribution is 5.26. The summed E-state index contributed by atoms with van der Waals surface area (Å²) in [4.78, 5) is 0. The Balaban J connectivity index is 1.28. The van der Waals surface area contributed by atoms with Crippen molar-refractivity contribution in [1.82, 2.24) is 0 Å². The lowest BCUT2D eigenvalue weighted by Crippen LogP contribution is -2.52. The van der Waals surface area contributed by atoms with E-state index in [-0.39, 0.29) is 11.9 Å². The van der Waals surface area contributed by atoms with Crippen LogP contribution in [0.5, 0.6) is 0 Å². The maximum absolute atomic E-state index is 10.3. The number of aliphatic hydroxyl groups is 1. The van der Waals surface area contributed by atoms with E-state index in [1.54, 1.807) is 5.57 Å². The number of hydrogen-bond acceptors (Lipinski definition) is 3. The lowest BCUT2D eigenvalue weighted by Gasteiger charge is -2.58. The van der Waals surface area contributed by atoms with Gasteiger partial charge in [0.2, 0.25) is 0 Å². The predicted octanol–water partition coefficient (Wildman–Crippen LogP) is 5.71. The molecule has 3 heteroatoms. The van der Waals surface area contributed by atoms with Gasteiger partial charge in [0.25, 0.3) is 0 Å². The molecule has 0 amide bonds. The smallest absolute Gasteiger partial charge is 0.171 e. The van der Waals surface area contributed by atoms with E-state index < -0.39 is 0 Å². The van der Waals surface area contributed by atoms with Gasteiger partial charge < -0.3 is 14.6 Å². The van der Waals surface area contributed by atoms with E-state index in [0.717, 1.165) is 43.6 Å². The summed E-state index contributed by atoms with van der Waals surface area (Å²) in [6.07, 6.45) is 13.5. The number of fused-ring (bicyclic) bond motifs is 7. The molecular weight excluding hydrogens is 372 g/mol. The van der Waals surface area contributed by atoms with Crippen molar-refractivity contribution in [1.29, 1.82) is 0 Å². The van der Waals surface area contributed by atoms with Gasteiger partial charge in [-0.3, -0.25) is 0 Å². The Morgan fingerprint density at radius 1 is 1.03 bits per heavy atom. The minimum Gasteiger partial charge on any atom is -0.393 e. The van der Waals surface area contributed by atoms with Crippen LogP contribution in [0.4, 0.5) is 0 Å². The summed E-state index contributed by atoms with van der Waals surface area (Å²) < 4.78 is 13.3. The van der Waals surface area contributed by atoms with Gasteiger partial charge in [-0.25, -0.2) is 0 Å². The fourth-order valence-corrected chi connectivity index (χ4v) is 9.66. The van der Waals surface area contributed by atoms with Gasteiger partial charge in [-0.2, -0.15) is 0 Å². The molecule has 1 N–H and O–H groups in total. The number of ether oxygens (including phenoxy) is 2. The Bertz CT molecular complexity index is 736. The highest BCUT2D eigenvalue weighted by Crippen LogP contribution is 2.70. The summed E-state index contributed by atoms with van der Waals surface area (Å²) in [5.74, 6) is 3.94. The molecule has 1 spiro atoms. The molecule has 3 nitrogen and oxygen atoms in total. The number of allylic oxidation sites excluding steroid dienone is 1. The number of aliphatic hydroxyl groups excluding tert-OH is 1. The van der Waals surface area contributed by atoms with Crippen LogP contribution >= 0.6 is 0 Å². The monoisotopic (exact) mass is 414 g/mol. The van der Waals surface area contributed by atoms with E-state index in [0.29, 0.717) is 34.7 Å². The lowest BCUT2D eigenvalue weighted by atomic mass is 9.47. The average molecular weight is 415 g/mol. The van der Waals surface area contributed by atoms with Crippen LogP contribution < -0.4 is 0 Å². The third-order valence-corrected chi connectivity index (χ3v) is 11.3. The van der Waals surface area contributed by atoms with Crippen LogP contribution in [0.2, 0.25) is 0 Å². The highest BCUT2D eigenvalue weighted by Gasteiger charge is 2.68. The SMILES string of the molecule is C[C@@H]1CC[C@]2(OC1)O[C@@H]1C[C@@H]3[C@H]4CC=C5C[C@H](O)CC[C@]5(C)[C@@H]4CC[C@]3(C)[C@H]1[C@@H]2C. The van der Waals surface area contributed by atoms with Gasteiger partial charge in [0.1, 0.15) is 0 Å². The molecule has 168 valence electrons. The summed E-state index contributed by atoms with van der Waals surface area (Å²) in [6.45, 7) is 10.8. The van der Waals surface area contributed by atoms with Crippen LogP contribution in [0.25, 0.3) is 0 Å². The fourth-order valence-electron chi connectivity index (χ4n) is 9.66. The van der Waals surface area contributed by atoms with Gasteiger partial charge in [-0.05, 0) is 91.8 Å². The van der Waals surface area contributed by atoms with Crippen molar-refractivity contribution >= 4 is 0 Å². The zero-order chi connectivity index (χ0) is 20.9. The van der Waals surface area contributed by atoms with Crippen molar-refractivity contribution in [3.8, 4) is 0 Å². The summed E-state index contributed by atoms with van der Waals surface area (Å²) in [6, 6.07) is 0. The first-order chi connectivity index (χ1) is 14.3. The Labute approximate surface area is 183 Å². The number of hydrogen-bond donors (Lipinski definition) is 1. The Hall–Kier alpha value is -0.380. The molecule has 2 saturated heterocycles. The maximum atomic E-state index is 10.3. The molecule has 6 aliphatic rings. The third-order valence-electron chi connectivity index (χ3n) is 11.3. The quantitative estimate of drug-likeness (QED) is 0.516. The van der Waals surface area contributed by atoms with E-state index in [4.69, 9.17) is 9.47 Å². The minimum atomic E-state index is -0.294. The molecule has 4 aliphatic carbocycles. The van der Waals surface area contributed by atoms with E-state index in [2.05, 4.69) is 33.8 Å². The molecule has 30 heavy (non-hydrogen) atoms. The molecule has 3 saturated carbocycles. The average Bonchev–Trinajstić information content (AvgIpc) is 3.16. The number of rotatable bonds is 0. The van der Waals surface area contributed by atoms with Gasteiger partial charge >= 0.3 is 0 Å². The second-order valence-electron chi connectivity index (χ2n) is 12.7. The molecule has 0 aromatic rings. The molecule has 6 rings (SSSR count). The van der Waals surface area contributed by atoms with Crippen molar-refractivity contribution in [2.24, 2.45) is 46.3 Å². The third kappa shape index (κ3) is 2.55. The maximum Gasteiger partial charge on any atom is 0.171 e. The highest BCUT2D eigenvalue weighted by atomic mass is 16.7. The lowest BCUT2D eigenvalue weighted by molar-refractivity contribution is -0.272. The molecule has 2 heterocycles. The van der Waals surface area contributed by atoms with Crippen molar-refractivity contribution < 1.29 is 14.6 Å². The van der Waals surface area contributed by atoms with Gasteiger partial charge in [0, 0.05) is 12.3 Å². The van der Waals surface area contributed by atoms with E-state index in [1.807, 2.05) is 0 Å². The first-order valence-electron chi connectivity index (χ1n) is 13.0. The molecule has 0 radical (unpaired) electrons. The molecule has 2 aliphatic heterocycles. The summed E-state index contributed by atoms with van der Waals surface area (Å²) in [7, 11) is 0. The molecule has 0 bridgehead atoms. The van der Waals surface area contributed by atoms with E-state index in [1.165, 1.54) is 38.5 Å². The van der Waals surface area contributed by atoms with Gasteiger partial charge in [0.15, 0.2) is 5.79 Å². The van der Waals surface area contributed by atoms with Gasteiger partial charge in [-0.15, -0.1) is 0 Å². The van der Waals surface area contributed by atoms with Crippen molar-refractivity contribution in [2.45, 2.75) is 103 Å². The summed E-state index contributed by atoms with van der Waals surface area (Å²) in [5.41, 5.74) is 2.31. The van der Waals surface area contributed by atoms with Crippen LogP contribution in [-0.2, 0) is 9.47 Å². The fraction of sp³-hybridized carbons (Fsp3) is 0.926. The Morgan fingerprint density at radius 3 is 2.63 bits per heavy atom. The molecular formula is C27H42O3. The van der Waals surface area contributed by atoms with Crippen molar-refractivity contribution in [3.05, 3.63) is 11.6 Å². The topological polar surface area (TPSA) is 38.7 Å². The predicted molar refractivity (Wildman–Crippen MR) is 118 cm³/mol. The van der Waals surface area contributed by atoms with Gasteiger partial charge in [-0.1, -0.05) is 39.3 Å². The normalized spacial score (nSPS) is 59.8. The first-order valence-corrected chi connectivity index (χ1v) is 13.0. The van der Waals surface area contributed by atoms with Gasteiger partial charge in [0.05, 0.1) is 18.8 Å². The summed E-state index contributed by atoms with van der Waals surface area (Å²) in [5, 5.41) is 10.3. The van der Waals surface area contributed by atoms with Crippen LogP contribution in [0.3, 0.4) is 0 Å². The van der Waals surface area contributed by atoms with Crippen molar-refractivity contribution in [3.63, 3.8) is 0 Å². The van der Waals surface area contributed by atoms with Crippen LogP contribution in [0.1, 0.15) is 85.5 Å². The van der Waals surface area contributed by atoms with Crippen LogP contribution in [0.15, 0.2) is 11.6 Å². The molecule has 0 aromatic carbocycles. The zero-order valence-electron chi connectivity index (χ0n) is 19.5. The molecule has 11 atom stereocenters. The minimum absolute atomic E-state index is 0.107. The zero-order valence-corrected chi connectivity index (χ0v) is 19.5. The van der Waals surface area contributed by atoms with E-state index in [9.17, 15) is 5.11 Å². The molecule has 5 fully saturated rings. The second-order valence-corrected chi connectivity index (χ2v) is 12.7. The molecule has 0 unspecified atom stereocenters. The van der Waals surface area contributed by atoms with E-state index >= 15 is 0 Å². The van der Waals surface area contributed by atoms with Crippen LogP contribution in [-0.4, -0.2) is 29.7 Å². The van der Waals surface area contributed by atoms with Crippen molar-refractivity contribution in [2.75, 3.05) is 6.61 Å². The Kier molecular flexibility index (Phi) is 4.44. The molecule has 0 aromatic heterocycles. The second kappa shape index (κ2) is 6.58.